The number of halogens is 2. The maximum absolute atomic E-state index is 13.0. The molecule has 1 aliphatic rings. The smallest absolute Gasteiger partial charge is 0.240 e. The van der Waals surface area contributed by atoms with Crippen molar-refractivity contribution in [3.8, 4) is 0 Å². The zero-order chi connectivity index (χ0) is 19.3. The summed E-state index contributed by atoms with van der Waals surface area (Å²) in [5, 5.41) is 0. The molecular formula is C20H24ClFN2O2S. The molecule has 1 aliphatic heterocycles. The Hall–Kier alpha value is -1.47. The summed E-state index contributed by atoms with van der Waals surface area (Å²) in [6, 6.07) is 13.3. The lowest BCUT2D eigenvalue weighted by molar-refractivity contribution is 0.200. The van der Waals surface area contributed by atoms with Crippen LogP contribution >= 0.6 is 11.6 Å². The van der Waals surface area contributed by atoms with E-state index in [1.54, 1.807) is 24.3 Å². The molecule has 0 spiro atoms. The molecule has 27 heavy (non-hydrogen) atoms. The third-order valence-corrected chi connectivity index (χ3v) is 6.57. The van der Waals surface area contributed by atoms with Crippen molar-refractivity contribution in [2.45, 2.75) is 36.7 Å². The number of piperidine rings is 1. The van der Waals surface area contributed by atoms with Gasteiger partial charge in [-0.05, 0) is 54.7 Å². The number of aryl methyl sites for hydroxylation is 1. The first-order chi connectivity index (χ1) is 13.0. The van der Waals surface area contributed by atoms with Gasteiger partial charge in [0, 0.05) is 31.6 Å². The minimum absolute atomic E-state index is 0.0676. The minimum Gasteiger partial charge on any atom is -0.299 e. The third kappa shape index (κ3) is 5.75. The molecule has 1 fully saturated rings. The van der Waals surface area contributed by atoms with Crippen LogP contribution in [0.15, 0.2) is 53.4 Å². The van der Waals surface area contributed by atoms with Crippen LogP contribution in [0.2, 0.25) is 0 Å². The molecule has 2 aromatic carbocycles. The topological polar surface area (TPSA) is 49.4 Å². The summed E-state index contributed by atoms with van der Waals surface area (Å²) in [4.78, 5) is 2.55. The van der Waals surface area contributed by atoms with Gasteiger partial charge in [0.2, 0.25) is 10.0 Å². The molecule has 0 saturated carbocycles. The Bertz CT molecular complexity index is 833. The molecular weight excluding hydrogens is 387 g/mol. The number of benzene rings is 2. The molecule has 7 heteroatoms. The molecule has 4 nitrogen and oxygen atoms in total. The first kappa shape index (κ1) is 20.3. The lowest BCUT2D eigenvalue weighted by atomic mass is 10.1. The van der Waals surface area contributed by atoms with E-state index in [0.29, 0.717) is 5.88 Å². The highest BCUT2D eigenvalue weighted by Crippen LogP contribution is 2.18. The van der Waals surface area contributed by atoms with Crippen molar-refractivity contribution in [3.05, 3.63) is 65.5 Å². The molecule has 0 aromatic heterocycles. The Kier molecular flexibility index (Phi) is 6.87. The van der Waals surface area contributed by atoms with E-state index in [9.17, 15) is 12.8 Å². The Balaban J connectivity index is 1.52. The standard InChI is InChI=1S/C20H24ClFN2O2S/c21-12-9-16-3-7-20(8-4-16)27(25,26)23-19-10-13-24(14-11-19)15-17-1-5-18(22)6-2-17/h1-8,19,23H,9-15H2. The first-order valence-corrected chi connectivity index (χ1v) is 11.1. The van der Waals surface area contributed by atoms with Gasteiger partial charge in [-0.1, -0.05) is 24.3 Å². The lowest BCUT2D eigenvalue weighted by Crippen LogP contribution is -2.44. The van der Waals surface area contributed by atoms with Gasteiger partial charge in [-0.2, -0.15) is 0 Å². The molecule has 1 N–H and O–H groups in total. The number of rotatable bonds is 7. The molecule has 2 aromatic rings. The maximum Gasteiger partial charge on any atom is 0.240 e. The van der Waals surface area contributed by atoms with Crippen molar-refractivity contribution in [2.24, 2.45) is 0 Å². The van der Waals surface area contributed by atoms with Crippen LogP contribution in [0.25, 0.3) is 0 Å². The zero-order valence-corrected chi connectivity index (χ0v) is 16.6. The molecule has 0 bridgehead atoms. The second-order valence-corrected chi connectivity index (χ2v) is 8.97. The molecule has 1 heterocycles. The number of hydrogen-bond acceptors (Lipinski definition) is 3. The molecule has 1 saturated heterocycles. The van der Waals surface area contributed by atoms with E-state index in [1.807, 2.05) is 12.1 Å². The van der Waals surface area contributed by atoms with Crippen molar-refractivity contribution in [2.75, 3.05) is 19.0 Å². The highest BCUT2D eigenvalue weighted by molar-refractivity contribution is 7.89. The number of alkyl halides is 1. The summed E-state index contributed by atoms with van der Waals surface area (Å²) in [6.07, 6.45) is 2.23. The van der Waals surface area contributed by atoms with Crippen LogP contribution < -0.4 is 4.72 Å². The summed E-state index contributed by atoms with van der Waals surface area (Å²) in [7, 11) is -3.52. The molecule has 0 amide bonds. The average Bonchev–Trinajstić information content (AvgIpc) is 2.66. The Morgan fingerprint density at radius 3 is 2.19 bits per heavy atom. The van der Waals surface area contributed by atoms with Crippen LogP contribution in [0.4, 0.5) is 4.39 Å². The molecule has 3 rings (SSSR count). The summed E-state index contributed by atoms with van der Waals surface area (Å²) in [5.74, 6) is 0.281. The van der Waals surface area contributed by atoms with Crippen LogP contribution in [0, 0.1) is 5.82 Å². The van der Waals surface area contributed by atoms with Crippen LogP contribution in [-0.2, 0) is 23.0 Å². The number of hydrogen-bond donors (Lipinski definition) is 1. The number of likely N-dealkylation sites (tertiary alicyclic amines) is 1. The van der Waals surface area contributed by atoms with Gasteiger partial charge in [-0.15, -0.1) is 11.6 Å². The minimum atomic E-state index is -3.52. The largest absolute Gasteiger partial charge is 0.299 e. The quantitative estimate of drug-likeness (QED) is 0.710. The normalized spacial score (nSPS) is 16.5. The van der Waals surface area contributed by atoms with Gasteiger partial charge in [0.1, 0.15) is 5.82 Å². The Morgan fingerprint density at radius 1 is 1.00 bits per heavy atom. The Morgan fingerprint density at radius 2 is 1.59 bits per heavy atom. The third-order valence-electron chi connectivity index (χ3n) is 4.85. The molecule has 0 radical (unpaired) electrons. The molecule has 0 unspecified atom stereocenters. The summed E-state index contributed by atoms with van der Waals surface area (Å²) < 4.78 is 41.0. The SMILES string of the molecule is O=S(=O)(NC1CCN(Cc2ccc(F)cc2)CC1)c1ccc(CCCl)cc1. The van der Waals surface area contributed by atoms with E-state index in [1.165, 1.54) is 12.1 Å². The van der Waals surface area contributed by atoms with Crippen molar-refractivity contribution in [1.82, 2.24) is 9.62 Å². The van der Waals surface area contributed by atoms with Gasteiger partial charge >= 0.3 is 0 Å². The molecule has 146 valence electrons. The molecule has 0 aliphatic carbocycles. The maximum atomic E-state index is 13.0. The monoisotopic (exact) mass is 410 g/mol. The lowest BCUT2D eigenvalue weighted by Gasteiger charge is -2.32. The van der Waals surface area contributed by atoms with Gasteiger partial charge < -0.3 is 0 Å². The van der Waals surface area contributed by atoms with Crippen molar-refractivity contribution in [3.63, 3.8) is 0 Å². The predicted molar refractivity (Wildman–Crippen MR) is 106 cm³/mol. The van der Waals surface area contributed by atoms with E-state index in [4.69, 9.17) is 11.6 Å². The van der Waals surface area contributed by atoms with Gasteiger partial charge in [0.25, 0.3) is 0 Å². The van der Waals surface area contributed by atoms with Crippen molar-refractivity contribution < 1.29 is 12.8 Å². The van der Waals surface area contributed by atoms with Crippen LogP contribution in [0.5, 0.6) is 0 Å². The number of nitrogens with one attached hydrogen (secondary N) is 1. The summed E-state index contributed by atoms with van der Waals surface area (Å²) in [6.45, 7) is 2.36. The van der Waals surface area contributed by atoms with Crippen molar-refractivity contribution >= 4 is 21.6 Å². The summed E-state index contributed by atoms with van der Waals surface area (Å²) in [5.41, 5.74) is 2.09. The second-order valence-electron chi connectivity index (χ2n) is 6.88. The second kappa shape index (κ2) is 9.15. The number of nitrogens with zero attached hydrogens (tertiary/aromatic N) is 1. The first-order valence-electron chi connectivity index (χ1n) is 9.10. The van der Waals surface area contributed by atoms with E-state index in [-0.39, 0.29) is 16.8 Å². The van der Waals surface area contributed by atoms with Crippen LogP contribution in [0.1, 0.15) is 24.0 Å². The van der Waals surface area contributed by atoms with E-state index in [0.717, 1.165) is 50.0 Å². The fourth-order valence-electron chi connectivity index (χ4n) is 3.29. The Labute approximate surface area is 165 Å². The van der Waals surface area contributed by atoms with Crippen molar-refractivity contribution in [1.29, 1.82) is 0 Å². The number of sulfonamides is 1. The highest BCUT2D eigenvalue weighted by atomic mass is 35.5. The highest BCUT2D eigenvalue weighted by Gasteiger charge is 2.24. The van der Waals surface area contributed by atoms with Gasteiger partial charge in [-0.3, -0.25) is 4.90 Å². The van der Waals surface area contributed by atoms with E-state index in [2.05, 4.69) is 9.62 Å². The fourth-order valence-corrected chi connectivity index (χ4v) is 4.81. The fraction of sp³-hybridized carbons (Fsp3) is 0.400. The van der Waals surface area contributed by atoms with E-state index < -0.39 is 10.0 Å². The van der Waals surface area contributed by atoms with Gasteiger partial charge in [0.15, 0.2) is 0 Å². The van der Waals surface area contributed by atoms with Gasteiger partial charge in [-0.25, -0.2) is 17.5 Å². The van der Waals surface area contributed by atoms with Crippen LogP contribution in [0.3, 0.4) is 0 Å². The predicted octanol–water partition coefficient (Wildman–Crippen LogP) is 3.55. The summed E-state index contributed by atoms with van der Waals surface area (Å²) >= 11 is 5.71. The average molecular weight is 411 g/mol. The van der Waals surface area contributed by atoms with Crippen LogP contribution in [-0.4, -0.2) is 38.3 Å². The van der Waals surface area contributed by atoms with Gasteiger partial charge in [0.05, 0.1) is 4.90 Å². The molecule has 0 atom stereocenters. The zero-order valence-electron chi connectivity index (χ0n) is 15.1. The van der Waals surface area contributed by atoms with E-state index >= 15 is 0 Å².